The molecule has 94 valence electrons. The highest BCUT2D eigenvalue weighted by Gasteiger charge is 2.32. The van der Waals surface area contributed by atoms with Crippen molar-refractivity contribution in [2.75, 3.05) is 7.11 Å². The molecular weight excluding hydrogens is 354 g/mol. The Morgan fingerprint density at radius 1 is 1.47 bits per heavy atom. The molecule has 0 fully saturated rings. The minimum Gasteiger partial charge on any atom is -0.464 e. The van der Waals surface area contributed by atoms with Crippen LogP contribution in [0, 0.1) is 10.5 Å². The van der Waals surface area contributed by atoms with Gasteiger partial charge in [-0.05, 0) is 35.6 Å². The third kappa shape index (κ3) is 3.72. The van der Waals surface area contributed by atoms with Crippen molar-refractivity contribution in [3.63, 3.8) is 0 Å². The molecule has 4 nitrogen and oxygen atoms in total. The van der Waals surface area contributed by atoms with Gasteiger partial charge in [-0.2, -0.15) is 0 Å². The lowest BCUT2D eigenvalue weighted by Gasteiger charge is -2.12. The maximum Gasteiger partial charge on any atom is 0.573 e. The van der Waals surface area contributed by atoms with Crippen molar-refractivity contribution in [2.24, 2.45) is 0 Å². The second-order valence-electron chi connectivity index (χ2n) is 2.94. The number of carbonyl (C=O) groups excluding carboxylic acids is 1. The Hall–Kier alpha value is -1.06. The summed E-state index contributed by atoms with van der Waals surface area (Å²) in [5.41, 5.74) is -0.0803. The molecule has 1 aromatic rings. The second-order valence-corrected chi connectivity index (χ2v) is 4.10. The Kier molecular flexibility index (Phi) is 4.17. The highest BCUT2D eigenvalue weighted by Crippen LogP contribution is 2.27. The number of aryl methyl sites for hydroxylation is 1. The molecule has 0 aliphatic carbocycles. The number of pyridine rings is 1. The lowest BCUT2D eigenvalue weighted by atomic mass is 10.3. The van der Waals surface area contributed by atoms with Gasteiger partial charge in [-0.25, -0.2) is 9.78 Å². The molecule has 0 aliphatic heterocycles. The average molecular weight is 361 g/mol. The fourth-order valence-corrected chi connectivity index (χ4v) is 1.66. The van der Waals surface area contributed by atoms with Gasteiger partial charge >= 0.3 is 12.3 Å². The number of rotatable bonds is 2. The van der Waals surface area contributed by atoms with E-state index >= 15 is 0 Å². The van der Waals surface area contributed by atoms with E-state index < -0.39 is 18.1 Å². The molecule has 0 spiro atoms. The minimum absolute atomic E-state index is 0.0388. The quantitative estimate of drug-likeness (QED) is 0.601. The average Bonchev–Trinajstić information content (AvgIpc) is 2.20. The molecule has 1 rings (SSSR count). The first kappa shape index (κ1) is 14.0. The lowest BCUT2D eigenvalue weighted by Crippen LogP contribution is -2.19. The zero-order chi connectivity index (χ0) is 13.2. The van der Waals surface area contributed by atoms with E-state index in [1.54, 1.807) is 22.6 Å². The van der Waals surface area contributed by atoms with Gasteiger partial charge in [0.25, 0.3) is 0 Å². The molecule has 0 aromatic carbocycles. The van der Waals surface area contributed by atoms with Crippen LogP contribution in [0.4, 0.5) is 13.2 Å². The van der Waals surface area contributed by atoms with Crippen molar-refractivity contribution in [3.8, 4) is 5.75 Å². The molecule has 0 saturated carbocycles. The van der Waals surface area contributed by atoms with Crippen LogP contribution in [0.2, 0.25) is 0 Å². The number of halogens is 4. The number of hydrogen-bond donors (Lipinski definition) is 0. The fourth-order valence-electron chi connectivity index (χ4n) is 1.03. The zero-order valence-corrected chi connectivity index (χ0v) is 10.9. The highest BCUT2D eigenvalue weighted by molar-refractivity contribution is 14.1. The first-order valence-corrected chi connectivity index (χ1v) is 5.33. The molecule has 0 aliphatic rings. The van der Waals surface area contributed by atoms with Crippen molar-refractivity contribution >= 4 is 28.6 Å². The van der Waals surface area contributed by atoms with E-state index in [1.165, 1.54) is 6.92 Å². The Morgan fingerprint density at radius 2 is 2.06 bits per heavy atom. The standard InChI is InChI=1S/C9H7F3INO3/c1-4-6(17-9(10,11)12)3-5(13)7(14-4)8(15)16-2/h3H,1-2H3. The van der Waals surface area contributed by atoms with Gasteiger partial charge in [0.1, 0.15) is 0 Å². The van der Waals surface area contributed by atoms with Crippen LogP contribution < -0.4 is 4.74 Å². The predicted molar refractivity (Wildman–Crippen MR) is 59.7 cm³/mol. The Balaban J connectivity index is 3.14. The van der Waals surface area contributed by atoms with Crippen molar-refractivity contribution in [1.82, 2.24) is 4.98 Å². The van der Waals surface area contributed by atoms with Crippen LogP contribution in [0.3, 0.4) is 0 Å². The summed E-state index contributed by atoms with van der Waals surface area (Å²) in [5.74, 6) is -1.15. The van der Waals surface area contributed by atoms with Gasteiger partial charge in [0.15, 0.2) is 11.4 Å². The number of aromatic nitrogens is 1. The summed E-state index contributed by atoms with van der Waals surface area (Å²) < 4.78 is 44.5. The van der Waals surface area contributed by atoms with E-state index in [0.29, 0.717) is 0 Å². The van der Waals surface area contributed by atoms with Crippen LogP contribution in [0.25, 0.3) is 0 Å². The van der Waals surface area contributed by atoms with E-state index in [9.17, 15) is 18.0 Å². The molecule has 17 heavy (non-hydrogen) atoms. The number of hydrogen-bond acceptors (Lipinski definition) is 4. The SMILES string of the molecule is COC(=O)c1nc(C)c(OC(F)(F)F)cc1I. The Bertz CT molecular complexity index is 448. The zero-order valence-electron chi connectivity index (χ0n) is 8.76. The third-order valence-corrected chi connectivity index (χ3v) is 2.55. The van der Waals surface area contributed by atoms with Crippen LogP contribution in [-0.2, 0) is 4.74 Å². The monoisotopic (exact) mass is 361 g/mol. The van der Waals surface area contributed by atoms with E-state index in [4.69, 9.17) is 0 Å². The summed E-state index contributed by atoms with van der Waals surface area (Å²) in [7, 11) is 1.16. The summed E-state index contributed by atoms with van der Waals surface area (Å²) in [6.45, 7) is 1.31. The summed E-state index contributed by atoms with van der Waals surface area (Å²) in [6.07, 6.45) is -4.79. The summed E-state index contributed by atoms with van der Waals surface area (Å²) >= 11 is 1.68. The van der Waals surface area contributed by atoms with Gasteiger partial charge in [0.2, 0.25) is 0 Å². The van der Waals surface area contributed by atoms with Gasteiger partial charge in [-0.1, -0.05) is 0 Å². The van der Waals surface area contributed by atoms with E-state index in [2.05, 4.69) is 14.5 Å². The predicted octanol–water partition coefficient (Wildman–Crippen LogP) is 2.68. The number of nitrogens with zero attached hydrogens (tertiary/aromatic N) is 1. The van der Waals surface area contributed by atoms with Gasteiger partial charge in [0, 0.05) is 3.57 Å². The van der Waals surface area contributed by atoms with E-state index in [1.807, 2.05) is 0 Å². The molecular formula is C9H7F3INO3. The number of ether oxygens (including phenoxy) is 2. The van der Waals surface area contributed by atoms with Gasteiger partial charge in [0.05, 0.1) is 12.8 Å². The number of esters is 1. The molecule has 0 N–H and O–H groups in total. The molecule has 0 bridgehead atoms. The number of methoxy groups -OCH3 is 1. The summed E-state index contributed by atoms with van der Waals surface area (Å²) in [5, 5.41) is 0. The van der Waals surface area contributed by atoms with Crippen molar-refractivity contribution < 1.29 is 27.4 Å². The van der Waals surface area contributed by atoms with Crippen molar-refractivity contribution in [1.29, 1.82) is 0 Å². The lowest BCUT2D eigenvalue weighted by molar-refractivity contribution is -0.275. The van der Waals surface area contributed by atoms with Crippen LogP contribution in [0.1, 0.15) is 16.2 Å². The van der Waals surface area contributed by atoms with Crippen molar-refractivity contribution in [2.45, 2.75) is 13.3 Å². The Morgan fingerprint density at radius 3 is 2.53 bits per heavy atom. The normalized spacial score (nSPS) is 11.2. The smallest absolute Gasteiger partial charge is 0.464 e. The van der Waals surface area contributed by atoms with Crippen molar-refractivity contribution in [3.05, 3.63) is 21.0 Å². The Labute approximate surface area is 108 Å². The van der Waals surface area contributed by atoms with Crippen LogP contribution in [0.5, 0.6) is 5.75 Å². The molecule has 0 radical (unpaired) electrons. The van der Waals surface area contributed by atoms with Crippen LogP contribution >= 0.6 is 22.6 Å². The number of alkyl halides is 3. The summed E-state index contributed by atoms with van der Waals surface area (Å²) in [6, 6.07) is 1.09. The second kappa shape index (κ2) is 5.07. The molecule has 1 aromatic heterocycles. The maximum atomic E-state index is 12.0. The van der Waals surface area contributed by atoms with Crippen LogP contribution in [0.15, 0.2) is 6.07 Å². The third-order valence-electron chi connectivity index (χ3n) is 1.72. The van der Waals surface area contributed by atoms with Gasteiger partial charge in [-0.3, -0.25) is 0 Å². The fraction of sp³-hybridized carbons (Fsp3) is 0.333. The molecule has 0 saturated heterocycles. The molecule has 0 amide bonds. The van der Waals surface area contributed by atoms with E-state index in [0.717, 1.165) is 13.2 Å². The first-order chi connectivity index (χ1) is 7.74. The van der Waals surface area contributed by atoms with Gasteiger partial charge in [-0.15, -0.1) is 13.2 Å². The number of carbonyl (C=O) groups is 1. The highest BCUT2D eigenvalue weighted by atomic mass is 127. The van der Waals surface area contributed by atoms with Gasteiger partial charge < -0.3 is 9.47 Å². The largest absolute Gasteiger partial charge is 0.573 e. The van der Waals surface area contributed by atoms with Crippen LogP contribution in [-0.4, -0.2) is 24.4 Å². The summed E-state index contributed by atoms with van der Waals surface area (Å²) in [4.78, 5) is 15.0. The van der Waals surface area contributed by atoms with E-state index in [-0.39, 0.29) is 15.0 Å². The topological polar surface area (TPSA) is 48.4 Å². The first-order valence-electron chi connectivity index (χ1n) is 4.26. The molecule has 0 atom stereocenters. The minimum atomic E-state index is -4.79. The molecule has 1 heterocycles. The molecule has 8 heteroatoms. The molecule has 0 unspecified atom stereocenters. The maximum absolute atomic E-state index is 12.0.